The molecule has 2 rings (SSSR count). The molecule has 0 aliphatic heterocycles. The van der Waals surface area contributed by atoms with E-state index in [1.165, 1.54) is 19.3 Å². The summed E-state index contributed by atoms with van der Waals surface area (Å²) in [5.74, 6) is 0. The fourth-order valence-corrected chi connectivity index (χ4v) is 2.67. The van der Waals surface area contributed by atoms with Crippen LogP contribution in [0.3, 0.4) is 0 Å². The second-order valence-corrected chi connectivity index (χ2v) is 5.95. The zero-order valence-electron chi connectivity index (χ0n) is 12.0. The van der Waals surface area contributed by atoms with Gasteiger partial charge in [-0.25, -0.2) is 4.79 Å². The molecule has 1 aliphatic carbocycles. The average molecular weight is 277 g/mol. The van der Waals surface area contributed by atoms with Crippen LogP contribution in [0.1, 0.15) is 38.2 Å². The molecule has 0 aromatic heterocycles. The van der Waals surface area contributed by atoms with E-state index < -0.39 is 6.09 Å². The largest absolute Gasteiger partial charge is 0.445 e. The number of carbonyl (C=O) groups excluding carboxylic acids is 1. The first-order valence-corrected chi connectivity index (χ1v) is 7.19. The van der Waals surface area contributed by atoms with Gasteiger partial charge in [0.05, 0.1) is 12.6 Å². The molecule has 0 unspecified atom stereocenters. The molecule has 1 saturated carbocycles. The lowest BCUT2D eigenvalue weighted by Crippen LogP contribution is -2.43. The maximum Gasteiger partial charge on any atom is 0.407 e. The van der Waals surface area contributed by atoms with E-state index in [1.54, 1.807) is 0 Å². The predicted octanol–water partition coefficient (Wildman–Crippen LogP) is 2.85. The summed E-state index contributed by atoms with van der Waals surface area (Å²) < 4.78 is 5.17. The zero-order valence-corrected chi connectivity index (χ0v) is 12.0. The Labute approximate surface area is 120 Å². The third kappa shape index (κ3) is 4.23. The minimum absolute atomic E-state index is 0.0456. The topological polar surface area (TPSA) is 58.6 Å². The number of ether oxygens (including phenoxy) is 1. The van der Waals surface area contributed by atoms with Gasteiger partial charge in [0.1, 0.15) is 6.61 Å². The third-order valence-electron chi connectivity index (χ3n) is 4.05. The van der Waals surface area contributed by atoms with Gasteiger partial charge in [0.2, 0.25) is 0 Å². The van der Waals surface area contributed by atoms with Crippen LogP contribution < -0.4 is 5.32 Å². The first kappa shape index (κ1) is 14.9. The summed E-state index contributed by atoms with van der Waals surface area (Å²) in [4.78, 5) is 11.7. The molecule has 110 valence electrons. The molecule has 0 heterocycles. The number of alkyl carbamates (subject to hydrolysis) is 1. The molecule has 0 radical (unpaired) electrons. The molecule has 0 bridgehead atoms. The van der Waals surface area contributed by atoms with E-state index in [0.29, 0.717) is 0 Å². The summed E-state index contributed by atoms with van der Waals surface area (Å²) in [5, 5.41) is 12.1. The quantitative estimate of drug-likeness (QED) is 0.840. The number of aliphatic hydroxyl groups excluding tert-OH is 1. The van der Waals surface area contributed by atoms with E-state index in [1.807, 2.05) is 30.3 Å². The van der Waals surface area contributed by atoms with E-state index in [4.69, 9.17) is 4.74 Å². The van der Waals surface area contributed by atoms with Gasteiger partial charge in [-0.1, -0.05) is 43.7 Å². The van der Waals surface area contributed by atoms with Crippen LogP contribution in [0.25, 0.3) is 0 Å². The minimum atomic E-state index is -0.462. The van der Waals surface area contributed by atoms with Crippen LogP contribution in [0.2, 0.25) is 0 Å². The summed E-state index contributed by atoms with van der Waals surface area (Å²) in [7, 11) is 0. The highest BCUT2D eigenvalue weighted by Gasteiger charge is 2.34. The van der Waals surface area contributed by atoms with Crippen molar-refractivity contribution in [3.8, 4) is 0 Å². The van der Waals surface area contributed by atoms with Crippen LogP contribution in [0.4, 0.5) is 4.79 Å². The molecule has 1 amide bonds. The summed E-state index contributed by atoms with van der Waals surface area (Å²) in [6.45, 7) is 2.41. The Balaban J connectivity index is 1.74. The molecular formula is C16H23NO3. The molecule has 2 N–H and O–H groups in total. The van der Waals surface area contributed by atoms with E-state index >= 15 is 0 Å². The van der Waals surface area contributed by atoms with Gasteiger partial charge < -0.3 is 15.2 Å². The molecule has 0 spiro atoms. The number of hydrogen-bond donors (Lipinski definition) is 2. The van der Waals surface area contributed by atoms with Crippen molar-refractivity contribution >= 4 is 6.09 Å². The number of aliphatic hydroxyl groups is 1. The third-order valence-corrected chi connectivity index (χ3v) is 4.05. The standard InChI is InChI=1S/C16H23NO3/c1-16(8-5-9-16)10-14(11-18)17-15(19)20-12-13-6-3-2-4-7-13/h2-4,6-7,14,18H,5,8-12H2,1H3,(H,17,19)/t14-/m1/s1. The number of nitrogens with one attached hydrogen (secondary N) is 1. The van der Waals surface area contributed by atoms with Gasteiger partial charge in [-0.05, 0) is 30.2 Å². The van der Waals surface area contributed by atoms with Crippen LogP contribution in [0, 0.1) is 5.41 Å². The Hall–Kier alpha value is -1.55. The Morgan fingerprint density at radius 1 is 1.40 bits per heavy atom. The average Bonchev–Trinajstić information content (AvgIpc) is 2.44. The van der Waals surface area contributed by atoms with Gasteiger partial charge in [0.15, 0.2) is 0 Å². The van der Waals surface area contributed by atoms with Crippen molar-refractivity contribution < 1.29 is 14.6 Å². The number of hydrogen-bond acceptors (Lipinski definition) is 3. The minimum Gasteiger partial charge on any atom is -0.445 e. The van der Waals surface area contributed by atoms with Crippen molar-refractivity contribution in [2.75, 3.05) is 6.61 Å². The van der Waals surface area contributed by atoms with Gasteiger partial charge >= 0.3 is 6.09 Å². The summed E-state index contributed by atoms with van der Waals surface area (Å²) in [6.07, 6.45) is 3.93. The van der Waals surface area contributed by atoms with Gasteiger partial charge in [-0.2, -0.15) is 0 Å². The lowest BCUT2D eigenvalue weighted by atomic mass is 9.67. The molecule has 1 aromatic carbocycles. The van der Waals surface area contributed by atoms with Gasteiger partial charge in [0.25, 0.3) is 0 Å². The molecule has 1 atom stereocenters. The summed E-state index contributed by atoms with van der Waals surface area (Å²) >= 11 is 0. The molecule has 20 heavy (non-hydrogen) atoms. The van der Waals surface area contributed by atoms with Crippen LogP contribution in [-0.4, -0.2) is 23.8 Å². The van der Waals surface area contributed by atoms with Gasteiger partial charge in [-0.15, -0.1) is 0 Å². The Bertz CT molecular complexity index is 429. The van der Waals surface area contributed by atoms with Gasteiger partial charge in [-0.3, -0.25) is 0 Å². The molecule has 0 saturated heterocycles. The number of benzene rings is 1. The predicted molar refractivity (Wildman–Crippen MR) is 77.2 cm³/mol. The zero-order chi connectivity index (χ0) is 14.4. The van der Waals surface area contributed by atoms with Crippen molar-refractivity contribution in [1.29, 1.82) is 0 Å². The molecule has 1 aliphatic rings. The van der Waals surface area contributed by atoms with E-state index in [9.17, 15) is 9.90 Å². The number of carbonyl (C=O) groups is 1. The Kier molecular flexibility index (Phi) is 5.01. The molecular weight excluding hydrogens is 254 g/mol. The highest BCUT2D eigenvalue weighted by atomic mass is 16.5. The first-order valence-electron chi connectivity index (χ1n) is 7.19. The molecule has 1 aromatic rings. The summed E-state index contributed by atoms with van der Waals surface area (Å²) in [6, 6.07) is 9.33. The van der Waals surface area contributed by atoms with Crippen molar-refractivity contribution in [3.63, 3.8) is 0 Å². The monoisotopic (exact) mass is 277 g/mol. The maximum atomic E-state index is 11.7. The SMILES string of the molecule is CC1(C[C@H](CO)NC(=O)OCc2ccccc2)CCC1. The fraction of sp³-hybridized carbons (Fsp3) is 0.562. The van der Waals surface area contributed by atoms with Gasteiger partial charge in [0, 0.05) is 0 Å². The van der Waals surface area contributed by atoms with Crippen molar-refractivity contribution in [2.45, 2.75) is 45.3 Å². The smallest absolute Gasteiger partial charge is 0.407 e. The molecule has 4 nitrogen and oxygen atoms in total. The number of amides is 1. The summed E-state index contributed by atoms with van der Waals surface area (Å²) in [5.41, 5.74) is 1.22. The van der Waals surface area contributed by atoms with Crippen LogP contribution in [0.5, 0.6) is 0 Å². The number of rotatable bonds is 6. The van der Waals surface area contributed by atoms with Crippen LogP contribution in [-0.2, 0) is 11.3 Å². The molecule has 1 fully saturated rings. The second-order valence-electron chi connectivity index (χ2n) is 5.95. The van der Waals surface area contributed by atoms with E-state index in [2.05, 4.69) is 12.2 Å². The van der Waals surface area contributed by atoms with Crippen molar-refractivity contribution in [2.24, 2.45) is 5.41 Å². The van der Waals surface area contributed by atoms with Crippen LogP contribution >= 0.6 is 0 Å². The van der Waals surface area contributed by atoms with Crippen LogP contribution in [0.15, 0.2) is 30.3 Å². The Morgan fingerprint density at radius 2 is 2.10 bits per heavy atom. The second kappa shape index (κ2) is 6.75. The highest BCUT2D eigenvalue weighted by molar-refractivity contribution is 5.67. The lowest BCUT2D eigenvalue weighted by molar-refractivity contribution is 0.0919. The molecule has 4 heteroatoms. The highest BCUT2D eigenvalue weighted by Crippen LogP contribution is 2.44. The fourth-order valence-electron chi connectivity index (χ4n) is 2.67. The Morgan fingerprint density at radius 3 is 2.65 bits per heavy atom. The maximum absolute atomic E-state index is 11.7. The normalized spacial score (nSPS) is 17.9. The van der Waals surface area contributed by atoms with Crippen molar-refractivity contribution in [1.82, 2.24) is 5.32 Å². The van der Waals surface area contributed by atoms with E-state index in [-0.39, 0.29) is 24.7 Å². The van der Waals surface area contributed by atoms with E-state index in [0.717, 1.165) is 12.0 Å². The lowest BCUT2D eigenvalue weighted by Gasteiger charge is -2.40. The van der Waals surface area contributed by atoms with Crippen molar-refractivity contribution in [3.05, 3.63) is 35.9 Å². The first-order chi connectivity index (χ1) is 9.61.